The summed E-state index contributed by atoms with van der Waals surface area (Å²) < 4.78 is 6.28. The quantitative estimate of drug-likeness (QED) is 0.619. The molecule has 0 N–H and O–H groups in total. The van der Waals surface area contributed by atoms with E-state index in [0.717, 1.165) is 4.47 Å². The van der Waals surface area contributed by atoms with Gasteiger partial charge in [0.1, 0.15) is 11.8 Å². The monoisotopic (exact) mass is 332 g/mol. The van der Waals surface area contributed by atoms with Crippen LogP contribution in [0.2, 0.25) is 0 Å². The van der Waals surface area contributed by atoms with E-state index in [-0.39, 0.29) is 17.2 Å². The summed E-state index contributed by atoms with van der Waals surface area (Å²) in [5.41, 5.74) is 0.706. The van der Waals surface area contributed by atoms with Crippen molar-refractivity contribution in [2.75, 3.05) is 0 Å². The zero-order valence-corrected chi connectivity index (χ0v) is 12.0. The molecule has 0 saturated carbocycles. The fourth-order valence-electron chi connectivity index (χ4n) is 1.75. The Balaban J connectivity index is 2.49. The third kappa shape index (κ3) is 2.78. The first-order valence-electron chi connectivity index (χ1n) is 5.64. The van der Waals surface area contributed by atoms with E-state index < -0.39 is 4.92 Å². The lowest BCUT2D eigenvalue weighted by Gasteiger charge is -2.09. The van der Waals surface area contributed by atoms with Crippen molar-refractivity contribution in [2.24, 2.45) is 0 Å². The summed E-state index contributed by atoms with van der Waals surface area (Å²) in [6.45, 7) is 1.64. The van der Waals surface area contributed by atoms with Crippen LogP contribution in [-0.2, 0) is 0 Å². The molecule has 5 nitrogen and oxygen atoms in total. The number of benzene rings is 2. The van der Waals surface area contributed by atoms with Gasteiger partial charge in [-0.15, -0.1) is 0 Å². The van der Waals surface area contributed by atoms with Crippen molar-refractivity contribution in [1.29, 1.82) is 5.26 Å². The van der Waals surface area contributed by atoms with Crippen LogP contribution >= 0.6 is 15.9 Å². The van der Waals surface area contributed by atoms with Crippen LogP contribution in [0.5, 0.6) is 11.5 Å². The van der Waals surface area contributed by atoms with Crippen LogP contribution in [0.1, 0.15) is 11.1 Å². The number of ether oxygens (including phenoxy) is 1. The molecule has 0 heterocycles. The molecule has 2 rings (SSSR count). The molecule has 0 aliphatic rings. The standard InChI is InChI=1S/C14H9BrN2O3/c1-9-3-2-4-13(14(9)17(18)19)20-12-6-5-11(15)7-10(12)8-16/h2-7H,1H3. The van der Waals surface area contributed by atoms with Gasteiger partial charge >= 0.3 is 5.69 Å². The number of halogens is 1. The van der Waals surface area contributed by atoms with E-state index in [1.807, 2.05) is 6.07 Å². The molecule has 2 aromatic rings. The number of hydrogen-bond donors (Lipinski definition) is 0. The van der Waals surface area contributed by atoms with Crippen LogP contribution < -0.4 is 4.74 Å². The first kappa shape index (κ1) is 14.0. The first-order valence-corrected chi connectivity index (χ1v) is 6.43. The van der Waals surface area contributed by atoms with Gasteiger partial charge in [-0.3, -0.25) is 10.1 Å². The minimum atomic E-state index is -0.491. The minimum absolute atomic E-state index is 0.0979. The average Bonchev–Trinajstić information content (AvgIpc) is 2.40. The van der Waals surface area contributed by atoms with Crippen molar-refractivity contribution in [3.63, 3.8) is 0 Å². The zero-order chi connectivity index (χ0) is 14.7. The van der Waals surface area contributed by atoms with E-state index >= 15 is 0 Å². The summed E-state index contributed by atoms with van der Waals surface area (Å²) in [4.78, 5) is 10.6. The number of para-hydroxylation sites is 1. The summed E-state index contributed by atoms with van der Waals surface area (Å²) in [6.07, 6.45) is 0. The van der Waals surface area contributed by atoms with Gasteiger partial charge in [-0.1, -0.05) is 28.1 Å². The molecule has 0 fully saturated rings. The molecule has 0 bridgehead atoms. The zero-order valence-electron chi connectivity index (χ0n) is 10.5. The topological polar surface area (TPSA) is 76.2 Å². The Morgan fingerprint density at radius 1 is 1.30 bits per heavy atom. The van der Waals surface area contributed by atoms with Gasteiger partial charge in [0, 0.05) is 10.0 Å². The third-order valence-corrected chi connectivity index (χ3v) is 3.16. The minimum Gasteiger partial charge on any atom is -0.449 e. The smallest absolute Gasteiger partial charge is 0.314 e. The molecule has 6 heteroatoms. The molecule has 0 aromatic heterocycles. The third-order valence-electron chi connectivity index (χ3n) is 2.67. The van der Waals surface area contributed by atoms with Gasteiger partial charge in [0.15, 0.2) is 0 Å². The molecule has 0 atom stereocenters. The van der Waals surface area contributed by atoms with Crippen molar-refractivity contribution < 1.29 is 9.66 Å². The summed E-state index contributed by atoms with van der Waals surface area (Å²) >= 11 is 3.26. The maximum atomic E-state index is 11.1. The highest BCUT2D eigenvalue weighted by Crippen LogP contribution is 2.35. The summed E-state index contributed by atoms with van der Waals surface area (Å²) in [7, 11) is 0. The highest BCUT2D eigenvalue weighted by molar-refractivity contribution is 9.10. The SMILES string of the molecule is Cc1cccc(Oc2ccc(Br)cc2C#N)c1[N+](=O)[O-]. The Bertz CT molecular complexity index is 723. The molecular weight excluding hydrogens is 324 g/mol. The normalized spacial score (nSPS) is 9.85. The fourth-order valence-corrected chi connectivity index (χ4v) is 2.11. The molecule has 0 saturated heterocycles. The van der Waals surface area contributed by atoms with Gasteiger partial charge in [0.2, 0.25) is 5.75 Å². The second kappa shape index (κ2) is 5.72. The van der Waals surface area contributed by atoms with E-state index in [2.05, 4.69) is 15.9 Å². The summed E-state index contributed by atoms with van der Waals surface area (Å²) in [5, 5.41) is 20.2. The summed E-state index contributed by atoms with van der Waals surface area (Å²) in [6, 6.07) is 11.7. The number of nitrogens with zero attached hydrogens (tertiary/aromatic N) is 2. The maximum Gasteiger partial charge on any atom is 0.314 e. The second-order valence-corrected chi connectivity index (χ2v) is 4.95. The van der Waals surface area contributed by atoms with E-state index in [4.69, 9.17) is 10.00 Å². The van der Waals surface area contributed by atoms with E-state index in [9.17, 15) is 10.1 Å². The predicted octanol–water partition coefficient (Wildman–Crippen LogP) is 4.33. The van der Waals surface area contributed by atoms with Gasteiger partial charge < -0.3 is 4.74 Å². The Morgan fingerprint density at radius 2 is 2.05 bits per heavy atom. The Morgan fingerprint density at radius 3 is 2.70 bits per heavy atom. The van der Waals surface area contributed by atoms with Gasteiger partial charge in [0.05, 0.1) is 10.5 Å². The van der Waals surface area contributed by atoms with Gasteiger partial charge in [-0.25, -0.2) is 0 Å². The van der Waals surface area contributed by atoms with Crippen LogP contribution in [0.4, 0.5) is 5.69 Å². The lowest BCUT2D eigenvalue weighted by molar-refractivity contribution is -0.386. The summed E-state index contributed by atoms with van der Waals surface area (Å²) in [5.74, 6) is 0.401. The number of nitro benzene ring substituents is 1. The van der Waals surface area contributed by atoms with Crippen molar-refractivity contribution in [1.82, 2.24) is 0 Å². The van der Waals surface area contributed by atoms with Crippen LogP contribution in [0.3, 0.4) is 0 Å². The van der Waals surface area contributed by atoms with Crippen molar-refractivity contribution in [2.45, 2.75) is 6.92 Å². The molecule has 0 amide bonds. The molecule has 0 unspecified atom stereocenters. The van der Waals surface area contributed by atoms with E-state index in [0.29, 0.717) is 11.1 Å². The van der Waals surface area contributed by atoms with E-state index in [1.165, 1.54) is 6.07 Å². The molecule has 0 spiro atoms. The molecule has 100 valence electrons. The Labute approximate surface area is 123 Å². The Kier molecular flexibility index (Phi) is 4.01. The van der Waals surface area contributed by atoms with E-state index in [1.54, 1.807) is 37.3 Å². The molecular formula is C14H9BrN2O3. The fraction of sp³-hybridized carbons (Fsp3) is 0.0714. The highest BCUT2D eigenvalue weighted by Gasteiger charge is 2.19. The molecule has 2 aromatic carbocycles. The number of hydrogen-bond acceptors (Lipinski definition) is 4. The van der Waals surface area contributed by atoms with Crippen LogP contribution in [-0.4, -0.2) is 4.92 Å². The number of nitro groups is 1. The van der Waals surface area contributed by atoms with Crippen LogP contribution in [0.25, 0.3) is 0 Å². The second-order valence-electron chi connectivity index (χ2n) is 4.03. The van der Waals surface area contributed by atoms with Crippen LogP contribution in [0.15, 0.2) is 40.9 Å². The molecule has 0 aliphatic carbocycles. The van der Waals surface area contributed by atoms with Crippen LogP contribution in [0, 0.1) is 28.4 Å². The Hall–Kier alpha value is -2.39. The lowest BCUT2D eigenvalue weighted by Crippen LogP contribution is -1.97. The molecule has 0 radical (unpaired) electrons. The van der Waals surface area contributed by atoms with Crippen molar-refractivity contribution in [3.05, 3.63) is 62.1 Å². The number of nitriles is 1. The highest BCUT2D eigenvalue weighted by atomic mass is 79.9. The van der Waals surface area contributed by atoms with Gasteiger partial charge in [-0.2, -0.15) is 5.26 Å². The molecule has 20 heavy (non-hydrogen) atoms. The first-order chi connectivity index (χ1) is 9.52. The number of aryl methyl sites for hydroxylation is 1. The number of rotatable bonds is 3. The predicted molar refractivity (Wildman–Crippen MR) is 76.8 cm³/mol. The lowest BCUT2D eigenvalue weighted by atomic mass is 10.2. The maximum absolute atomic E-state index is 11.1. The van der Waals surface area contributed by atoms with Gasteiger partial charge in [-0.05, 0) is 31.2 Å². The average molecular weight is 333 g/mol. The van der Waals surface area contributed by atoms with Gasteiger partial charge in [0.25, 0.3) is 0 Å². The molecule has 0 aliphatic heterocycles. The van der Waals surface area contributed by atoms with Crippen molar-refractivity contribution in [3.8, 4) is 17.6 Å². The largest absolute Gasteiger partial charge is 0.449 e. The van der Waals surface area contributed by atoms with Crippen molar-refractivity contribution >= 4 is 21.6 Å².